The molecule has 2 aromatic carbocycles. The number of carbonyl (C=O) groups is 2. The van der Waals surface area contributed by atoms with Crippen LogP contribution in [0.2, 0.25) is 5.02 Å². The van der Waals surface area contributed by atoms with Crippen LogP contribution < -0.4 is 10.6 Å². The summed E-state index contributed by atoms with van der Waals surface area (Å²) in [5, 5.41) is 6.33. The predicted molar refractivity (Wildman–Crippen MR) is 122 cm³/mol. The molecule has 166 valence electrons. The van der Waals surface area contributed by atoms with Crippen molar-refractivity contribution in [2.75, 3.05) is 36.8 Å². The first-order chi connectivity index (χ1) is 14.8. The number of rotatable bonds is 6. The molecule has 8 heteroatoms. The lowest BCUT2D eigenvalue weighted by atomic mass is 10.1. The first-order valence-corrected chi connectivity index (χ1v) is 10.7. The summed E-state index contributed by atoms with van der Waals surface area (Å²) in [7, 11) is 0. The van der Waals surface area contributed by atoms with Crippen molar-refractivity contribution in [3.05, 3.63) is 58.9 Å². The van der Waals surface area contributed by atoms with Gasteiger partial charge in [-0.25, -0.2) is 4.39 Å². The van der Waals surface area contributed by atoms with Crippen molar-refractivity contribution >= 4 is 34.8 Å². The third kappa shape index (κ3) is 5.81. The van der Waals surface area contributed by atoms with Crippen LogP contribution in [0.5, 0.6) is 0 Å². The van der Waals surface area contributed by atoms with Gasteiger partial charge in [-0.1, -0.05) is 23.7 Å². The van der Waals surface area contributed by atoms with Crippen molar-refractivity contribution in [1.29, 1.82) is 0 Å². The molecule has 0 radical (unpaired) electrons. The summed E-state index contributed by atoms with van der Waals surface area (Å²) in [6, 6.07) is 10.6. The molecule has 1 fully saturated rings. The number of nitrogens with zero attached hydrogens (tertiary/aromatic N) is 2. The Bertz CT molecular complexity index is 947. The highest BCUT2D eigenvalue weighted by Crippen LogP contribution is 2.23. The van der Waals surface area contributed by atoms with E-state index in [2.05, 4.69) is 20.4 Å². The molecular formula is C23H28ClFN4O2. The third-order valence-corrected chi connectivity index (χ3v) is 6.23. The number of nitrogens with one attached hydrogen (secondary N) is 2. The molecule has 2 unspecified atom stereocenters. The van der Waals surface area contributed by atoms with Crippen LogP contribution >= 0.6 is 11.6 Å². The minimum Gasteiger partial charge on any atom is -0.325 e. The Morgan fingerprint density at radius 2 is 1.48 bits per heavy atom. The fourth-order valence-electron chi connectivity index (χ4n) is 3.64. The Morgan fingerprint density at radius 1 is 0.935 bits per heavy atom. The van der Waals surface area contributed by atoms with Crippen LogP contribution in [0.15, 0.2) is 42.5 Å². The highest BCUT2D eigenvalue weighted by molar-refractivity contribution is 6.31. The molecule has 1 saturated heterocycles. The van der Waals surface area contributed by atoms with Crippen LogP contribution in [-0.4, -0.2) is 59.9 Å². The van der Waals surface area contributed by atoms with E-state index in [0.29, 0.717) is 42.6 Å². The molecular weight excluding hydrogens is 419 g/mol. The number of anilines is 2. The Balaban J connectivity index is 1.51. The van der Waals surface area contributed by atoms with Crippen LogP contribution in [0, 0.1) is 12.7 Å². The molecule has 31 heavy (non-hydrogen) atoms. The van der Waals surface area contributed by atoms with Crippen molar-refractivity contribution in [2.45, 2.75) is 32.9 Å². The van der Waals surface area contributed by atoms with Crippen molar-refractivity contribution in [3.63, 3.8) is 0 Å². The summed E-state index contributed by atoms with van der Waals surface area (Å²) in [4.78, 5) is 29.4. The number of halogens is 2. The van der Waals surface area contributed by atoms with Gasteiger partial charge in [0.05, 0.1) is 12.1 Å². The standard InChI is InChI=1S/C23H28ClFN4O2/c1-15-20(24)8-5-9-21(15)27-23(31)17(3)29-12-10-28(11-13-29)16(2)22(30)26-19-7-4-6-18(25)14-19/h4-9,14,16-17H,10-13H2,1-3H3,(H,26,30)(H,27,31). The smallest absolute Gasteiger partial charge is 0.241 e. The molecule has 2 aromatic rings. The summed E-state index contributed by atoms with van der Waals surface area (Å²) in [5.74, 6) is -0.656. The van der Waals surface area contributed by atoms with Gasteiger partial charge in [0.25, 0.3) is 0 Å². The number of hydrogen-bond acceptors (Lipinski definition) is 4. The van der Waals surface area contributed by atoms with Crippen LogP contribution in [-0.2, 0) is 9.59 Å². The number of carbonyl (C=O) groups excluding carboxylic acids is 2. The lowest BCUT2D eigenvalue weighted by Crippen LogP contribution is -2.56. The second kappa shape index (κ2) is 10.2. The second-order valence-electron chi connectivity index (χ2n) is 7.83. The van der Waals surface area contributed by atoms with E-state index >= 15 is 0 Å². The van der Waals surface area contributed by atoms with E-state index in [1.807, 2.05) is 32.9 Å². The van der Waals surface area contributed by atoms with Gasteiger partial charge in [-0.3, -0.25) is 19.4 Å². The molecule has 2 amide bonds. The average molecular weight is 447 g/mol. The molecule has 1 heterocycles. The maximum absolute atomic E-state index is 13.3. The van der Waals surface area contributed by atoms with E-state index in [0.717, 1.165) is 5.56 Å². The maximum atomic E-state index is 13.3. The topological polar surface area (TPSA) is 64.7 Å². The molecule has 3 rings (SSSR count). The quantitative estimate of drug-likeness (QED) is 0.709. The lowest BCUT2D eigenvalue weighted by molar-refractivity contribution is -0.124. The van der Waals surface area contributed by atoms with Gasteiger partial charge in [0.1, 0.15) is 5.82 Å². The lowest BCUT2D eigenvalue weighted by Gasteiger charge is -2.39. The average Bonchev–Trinajstić information content (AvgIpc) is 2.76. The number of piperazine rings is 1. The molecule has 2 N–H and O–H groups in total. The highest BCUT2D eigenvalue weighted by atomic mass is 35.5. The third-order valence-electron chi connectivity index (χ3n) is 5.82. The molecule has 6 nitrogen and oxygen atoms in total. The van der Waals surface area contributed by atoms with Crippen molar-refractivity contribution in [1.82, 2.24) is 9.80 Å². The Hall–Kier alpha value is -2.48. The van der Waals surface area contributed by atoms with Crippen molar-refractivity contribution in [2.24, 2.45) is 0 Å². The Morgan fingerprint density at radius 3 is 2.06 bits per heavy atom. The molecule has 0 aliphatic carbocycles. The van der Waals surface area contributed by atoms with Crippen LogP contribution in [0.3, 0.4) is 0 Å². The van der Waals surface area contributed by atoms with Gasteiger partial charge in [0, 0.05) is 42.6 Å². The summed E-state index contributed by atoms with van der Waals surface area (Å²) in [5.41, 5.74) is 2.00. The van der Waals surface area contributed by atoms with Gasteiger partial charge >= 0.3 is 0 Å². The summed E-state index contributed by atoms with van der Waals surface area (Å²) < 4.78 is 13.3. The largest absolute Gasteiger partial charge is 0.325 e. The second-order valence-corrected chi connectivity index (χ2v) is 8.23. The van der Waals surface area contributed by atoms with E-state index in [4.69, 9.17) is 11.6 Å². The fourth-order valence-corrected chi connectivity index (χ4v) is 3.81. The summed E-state index contributed by atoms with van der Waals surface area (Å²) in [6.07, 6.45) is 0. The van der Waals surface area contributed by atoms with Crippen molar-refractivity contribution in [3.8, 4) is 0 Å². The first kappa shape index (κ1) is 23.2. The Kier molecular flexibility index (Phi) is 7.64. The highest BCUT2D eigenvalue weighted by Gasteiger charge is 2.30. The summed E-state index contributed by atoms with van der Waals surface area (Å²) >= 11 is 6.14. The van der Waals surface area contributed by atoms with Gasteiger partial charge in [-0.2, -0.15) is 0 Å². The van der Waals surface area contributed by atoms with Crippen LogP contribution in [0.25, 0.3) is 0 Å². The first-order valence-electron chi connectivity index (χ1n) is 10.4. The number of amides is 2. The van der Waals surface area contributed by atoms with E-state index in [1.54, 1.807) is 18.2 Å². The van der Waals surface area contributed by atoms with E-state index in [9.17, 15) is 14.0 Å². The zero-order valence-electron chi connectivity index (χ0n) is 18.0. The van der Waals surface area contributed by atoms with Gasteiger partial charge in [0.15, 0.2) is 0 Å². The van der Waals surface area contributed by atoms with Gasteiger partial charge in [-0.05, 0) is 56.7 Å². The molecule has 0 bridgehead atoms. The molecule has 0 saturated carbocycles. The molecule has 0 aromatic heterocycles. The molecule has 2 atom stereocenters. The van der Waals surface area contributed by atoms with Gasteiger partial charge in [0.2, 0.25) is 11.8 Å². The Labute approximate surface area is 187 Å². The van der Waals surface area contributed by atoms with Crippen LogP contribution in [0.4, 0.5) is 15.8 Å². The van der Waals surface area contributed by atoms with E-state index in [1.165, 1.54) is 12.1 Å². The SMILES string of the molecule is Cc1c(Cl)cccc1NC(=O)C(C)N1CCN(C(C)C(=O)Nc2cccc(F)c2)CC1. The minimum absolute atomic E-state index is 0.0873. The zero-order chi connectivity index (χ0) is 22.5. The molecule has 1 aliphatic rings. The molecule has 1 aliphatic heterocycles. The number of hydrogen-bond donors (Lipinski definition) is 2. The van der Waals surface area contributed by atoms with E-state index in [-0.39, 0.29) is 29.7 Å². The van der Waals surface area contributed by atoms with Crippen LogP contribution in [0.1, 0.15) is 19.4 Å². The van der Waals surface area contributed by atoms with E-state index < -0.39 is 0 Å². The predicted octanol–water partition coefficient (Wildman–Crippen LogP) is 3.76. The number of benzene rings is 2. The maximum Gasteiger partial charge on any atom is 0.241 e. The van der Waals surface area contributed by atoms with Gasteiger partial charge in [-0.15, -0.1) is 0 Å². The fraction of sp³-hybridized carbons (Fsp3) is 0.391. The van der Waals surface area contributed by atoms with Crippen molar-refractivity contribution < 1.29 is 14.0 Å². The monoisotopic (exact) mass is 446 g/mol. The molecule has 0 spiro atoms. The van der Waals surface area contributed by atoms with Gasteiger partial charge < -0.3 is 10.6 Å². The zero-order valence-corrected chi connectivity index (χ0v) is 18.7. The summed E-state index contributed by atoms with van der Waals surface area (Å²) in [6.45, 7) is 8.24. The normalized spacial score (nSPS) is 17.1. The minimum atomic E-state index is -0.390.